The Balaban J connectivity index is 1.59. The summed E-state index contributed by atoms with van der Waals surface area (Å²) in [6.45, 7) is 1.56. The van der Waals surface area contributed by atoms with Gasteiger partial charge in [0.15, 0.2) is 5.96 Å². The van der Waals surface area contributed by atoms with Crippen molar-refractivity contribution in [2.24, 2.45) is 4.99 Å². The lowest BCUT2D eigenvalue weighted by Crippen LogP contribution is -2.36. The van der Waals surface area contributed by atoms with Crippen molar-refractivity contribution >= 4 is 28.1 Å². The highest BCUT2D eigenvalue weighted by atomic mass is 32.1. The van der Waals surface area contributed by atoms with Crippen molar-refractivity contribution in [2.45, 2.75) is 13.1 Å². The topological polar surface area (TPSA) is 36.4 Å². The predicted octanol–water partition coefficient (Wildman–Crippen LogP) is 3.77. The Morgan fingerprint density at radius 2 is 1.77 bits per heavy atom. The molecule has 0 amide bonds. The summed E-state index contributed by atoms with van der Waals surface area (Å²) in [7, 11) is 1.80. The van der Waals surface area contributed by atoms with Crippen LogP contribution in [-0.4, -0.2) is 13.0 Å². The van der Waals surface area contributed by atoms with Crippen LogP contribution in [0.25, 0.3) is 10.8 Å². The first-order valence-corrected chi connectivity index (χ1v) is 8.18. The van der Waals surface area contributed by atoms with Crippen LogP contribution in [0.5, 0.6) is 0 Å². The fourth-order valence-electron chi connectivity index (χ4n) is 2.34. The van der Waals surface area contributed by atoms with Crippen molar-refractivity contribution < 1.29 is 0 Å². The summed E-state index contributed by atoms with van der Waals surface area (Å²) < 4.78 is 0. The van der Waals surface area contributed by atoms with Gasteiger partial charge in [-0.3, -0.25) is 4.99 Å². The van der Waals surface area contributed by atoms with Gasteiger partial charge in [0, 0.05) is 18.5 Å². The van der Waals surface area contributed by atoms with E-state index >= 15 is 0 Å². The number of hydrogen-bond donors (Lipinski definition) is 2. The van der Waals surface area contributed by atoms with Gasteiger partial charge in [-0.2, -0.15) is 0 Å². The van der Waals surface area contributed by atoms with Gasteiger partial charge < -0.3 is 10.6 Å². The monoisotopic (exact) mass is 309 g/mol. The van der Waals surface area contributed by atoms with E-state index in [2.05, 4.69) is 75.6 Å². The zero-order chi connectivity index (χ0) is 15.2. The van der Waals surface area contributed by atoms with Crippen molar-refractivity contribution in [3.8, 4) is 0 Å². The van der Waals surface area contributed by atoms with Gasteiger partial charge in [-0.25, -0.2) is 0 Å². The molecule has 2 N–H and O–H groups in total. The van der Waals surface area contributed by atoms with Crippen LogP contribution in [0.3, 0.4) is 0 Å². The Bertz CT molecular complexity index is 763. The molecule has 0 saturated heterocycles. The summed E-state index contributed by atoms with van der Waals surface area (Å²) in [5.74, 6) is 0.821. The standard InChI is InChI=1S/C18H19N3S/c1-19-18(21-13-17-7-4-10-22-17)20-12-14-8-9-15-5-2-3-6-16(15)11-14/h2-11H,12-13H2,1H3,(H2,19,20,21). The summed E-state index contributed by atoms with van der Waals surface area (Å²) in [6.07, 6.45) is 0. The highest BCUT2D eigenvalue weighted by Gasteiger charge is 2.00. The highest BCUT2D eigenvalue weighted by molar-refractivity contribution is 7.09. The quantitative estimate of drug-likeness (QED) is 0.568. The minimum absolute atomic E-state index is 0.759. The maximum Gasteiger partial charge on any atom is 0.191 e. The van der Waals surface area contributed by atoms with E-state index in [0.29, 0.717) is 0 Å². The van der Waals surface area contributed by atoms with Crippen LogP contribution in [0.2, 0.25) is 0 Å². The van der Waals surface area contributed by atoms with Crippen molar-refractivity contribution in [1.29, 1.82) is 0 Å². The molecule has 0 radical (unpaired) electrons. The number of aliphatic imine (C=N–C) groups is 1. The smallest absolute Gasteiger partial charge is 0.191 e. The molecule has 1 aromatic heterocycles. The molecule has 0 aliphatic carbocycles. The zero-order valence-electron chi connectivity index (χ0n) is 12.5. The van der Waals surface area contributed by atoms with Gasteiger partial charge in [-0.1, -0.05) is 42.5 Å². The maximum absolute atomic E-state index is 4.26. The molecule has 2 aromatic carbocycles. The van der Waals surface area contributed by atoms with Gasteiger partial charge in [0.1, 0.15) is 0 Å². The Morgan fingerprint density at radius 3 is 2.55 bits per heavy atom. The number of guanidine groups is 1. The first-order valence-electron chi connectivity index (χ1n) is 7.30. The molecule has 0 aliphatic heterocycles. The Morgan fingerprint density at radius 1 is 0.955 bits per heavy atom. The van der Waals surface area contributed by atoms with Gasteiger partial charge in [-0.15, -0.1) is 11.3 Å². The first-order chi connectivity index (χ1) is 10.8. The fraction of sp³-hybridized carbons (Fsp3) is 0.167. The highest BCUT2D eigenvalue weighted by Crippen LogP contribution is 2.15. The van der Waals surface area contributed by atoms with Crippen molar-refractivity contribution in [2.75, 3.05) is 7.05 Å². The molecule has 0 fully saturated rings. The van der Waals surface area contributed by atoms with E-state index in [4.69, 9.17) is 0 Å². The third-order valence-electron chi connectivity index (χ3n) is 3.51. The molecule has 3 aromatic rings. The lowest BCUT2D eigenvalue weighted by atomic mass is 10.1. The van der Waals surface area contributed by atoms with Crippen molar-refractivity contribution in [3.05, 3.63) is 70.4 Å². The minimum atomic E-state index is 0.759. The second kappa shape index (κ2) is 7.09. The molecule has 0 atom stereocenters. The van der Waals surface area contributed by atoms with Crippen LogP contribution in [0.15, 0.2) is 65.0 Å². The van der Waals surface area contributed by atoms with Crippen molar-refractivity contribution in [3.63, 3.8) is 0 Å². The lowest BCUT2D eigenvalue weighted by Gasteiger charge is -2.11. The Labute approximate surface area is 134 Å². The molecule has 3 nitrogen and oxygen atoms in total. The molecule has 0 spiro atoms. The van der Waals surface area contributed by atoms with Gasteiger partial charge in [0.2, 0.25) is 0 Å². The molecule has 112 valence electrons. The molecule has 1 heterocycles. The molecule has 22 heavy (non-hydrogen) atoms. The number of nitrogens with zero attached hydrogens (tertiary/aromatic N) is 1. The molecule has 3 rings (SSSR count). The lowest BCUT2D eigenvalue weighted by molar-refractivity contribution is 0.816. The van der Waals surface area contributed by atoms with E-state index in [1.807, 2.05) is 0 Å². The second-order valence-electron chi connectivity index (χ2n) is 5.04. The van der Waals surface area contributed by atoms with E-state index < -0.39 is 0 Å². The van der Waals surface area contributed by atoms with Crippen LogP contribution in [0.1, 0.15) is 10.4 Å². The van der Waals surface area contributed by atoms with Crippen molar-refractivity contribution in [1.82, 2.24) is 10.6 Å². The average Bonchev–Trinajstić information content (AvgIpc) is 3.08. The number of benzene rings is 2. The summed E-state index contributed by atoms with van der Waals surface area (Å²) in [5, 5.41) is 11.3. The van der Waals surface area contributed by atoms with Gasteiger partial charge in [0.25, 0.3) is 0 Å². The number of fused-ring (bicyclic) bond motifs is 1. The summed E-state index contributed by atoms with van der Waals surface area (Å²) in [4.78, 5) is 5.56. The summed E-state index contributed by atoms with van der Waals surface area (Å²) >= 11 is 1.75. The largest absolute Gasteiger partial charge is 0.352 e. The van der Waals surface area contributed by atoms with E-state index in [1.165, 1.54) is 21.2 Å². The summed E-state index contributed by atoms with van der Waals surface area (Å²) in [6, 6.07) is 19.1. The van der Waals surface area contributed by atoms with Crippen LogP contribution in [0.4, 0.5) is 0 Å². The molecule has 0 aliphatic rings. The Hall–Kier alpha value is -2.33. The first kappa shape index (κ1) is 14.6. The number of thiophene rings is 1. The molecular formula is C18H19N3S. The zero-order valence-corrected chi connectivity index (χ0v) is 13.4. The van der Waals surface area contributed by atoms with Crippen LogP contribution in [-0.2, 0) is 13.1 Å². The van der Waals surface area contributed by atoms with E-state index in [-0.39, 0.29) is 0 Å². The molecular weight excluding hydrogens is 290 g/mol. The fourth-order valence-corrected chi connectivity index (χ4v) is 2.98. The second-order valence-corrected chi connectivity index (χ2v) is 6.07. The third kappa shape index (κ3) is 3.65. The number of rotatable bonds is 4. The normalized spacial score (nSPS) is 11.6. The SMILES string of the molecule is CN=C(NCc1ccc2ccccc2c1)NCc1cccs1. The molecule has 0 bridgehead atoms. The van der Waals surface area contributed by atoms with Crippen LogP contribution < -0.4 is 10.6 Å². The van der Waals surface area contributed by atoms with Gasteiger partial charge >= 0.3 is 0 Å². The average molecular weight is 309 g/mol. The van der Waals surface area contributed by atoms with Crippen LogP contribution >= 0.6 is 11.3 Å². The van der Waals surface area contributed by atoms with E-state index in [9.17, 15) is 0 Å². The third-order valence-corrected chi connectivity index (χ3v) is 4.38. The molecule has 4 heteroatoms. The van der Waals surface area contributed by atoms with Crippen LogP contribution in [0, 0.1) is 0 Å². The Kier molecular flexibility index (Phi) is 4.71. The predicted molar refractivity (Wildman–Crippen MR) is 95.3 cm³/mol. The maximum atomic E-state index is 4.26. The summed E-state index contributed by atoms with van der Waals surface area (Å²) in [5.41, 5.74) is 1.25. The molecule has 0 unspecified atom stereocenters. The molecule has 0 saturated carbocycles. The van der Waals surface area contributed by atoms with Gasteiger partial charge in [-0.05, 0) is 33.8 Å². The van der Waals surface area contributed by atoms with E-state index in [1.54, 1.807) is 18.4 Å². The van der Waals surface area contributed by atoms with E-state index in [0.717, 1.165) is 19.0 Å². The number of hydrogen-bond acceptors (Lipinski definition) is 2. The number of nitrogens with one attached hydrogen (secondary N) is 2. The van der Waals surface area contributed by atoms with Gasteiger partial charge in [0.05, 0.1) is 6.54 Å². The minimum Gasteiger partial charge on any atom is -0.352 e.